The van der Waals surface area contributed by atoms with E-state index in [-0.39, 0.29) is 0 Å². The fraction of sp³-hybridized carbons (Fsp3) is 0.200. The van der Waals surface area contributed by atoms with Crippen LogP contribution >= 0.6 is 0 Å². The predicted octanol–water partition coefficient (Wildman–Crippen LogP) is 4.22. The average molecular weight is 274 g/mol. The first-order valence-corrected chi connectivity index (χ1v) is 7.54. The molecule has 1 unspecified atom stereocenters. The van der Waals surface area contributed by atoms with Crippen molar-refractivity contribution in [3.8, 4) is 0 Å². The molecule has 1 atom stereocenters. The molecule has 0 heterocycles. The quantitative estimate of drug-likeness (QED) is 0.704. The third-order valence-corrected chi connectivity index (χ3v) is 4.70. The Labute approximate surface area is 124 Å². The second kappa shape index (κ2) is 4.71. The molecule has 0 saturated carbocycles. The summed E-state index contributed by atoms with van der Waals surface area (Å²) in [5, 5.41) is 13.7. The lowest BCUT2D eigenvalue weighted by Crippen LogP contribution is -2.33. The lowest BCUT2D eigenvalue weighted by Gasteiger charge is -2.35. The molecular formula is C20H18O. The zero-order chi connectivity index (χ0) is 14.3. The van der Waals surface area contributed by atoms with Gasteiger partial charge < -0.3 is 5.11 Å². The van der Waals surface area contributed by atoms with Gasteiger partial charge in [-0.25, -0.2) is 0 Å². The first-order chi connectivity index (χ1) is 10.3. The third-order valence-electron chi connectivity index (χ3n) is 4.70. The molecule has 0 bridgehead atoms. The second-order valence-corrected chi connectivity index (χ2v) is 6.00. The summed E-state index contributed by atoms with van der Waals surface area (Å²) >= 11 is 0. The minimum absolute atomic E-state index is 0.706. The van der Waals surface area contributed by atoms with E-state index in [9.17, 15) is 5.11 Å². The van der Waals surface area contributed by atoms with Crippen molar-refractivity contribution in [3.05, 3.63) is 83.4 Å². The molecule has 0 aliphatic heterocycles. The molecule has 21 heavy (non-hydrogen) atoms. The molecule has 1 aliphatic rings. The molecule has 0 aromatic heterocycles. The molecule has 0 amide bonds. The Hall–Kier alpha value is -2.12. The van der Waals surface area contributed by atoms with Gasteiger partial charge in [0.05, 0.1) is 5.60 Å². The maximum atomic E-state index is 11.3. The van der Waals surface area contributed by atoms with Gasteiger partial charge >= 0.3 is 0 Å². The van der Waals surface area contributed by atoms with Crippen LogP contribution in [0.3, 0.4) is 0 Å². The Morgan fingerprint density at radius 1 is 0.762 bits per heavy atom. The van der Waals surface area contributed by atoms with Crippen molar-refractivity contribution in [2.24, 2.45) is 0 Å². The number of aliphatic hydroxyl groups is 1. The zero-order valence-corrected chi connectivity index (χ0v) is 11.9. The highest BCUT2D eigenvalue weighted by Gasteiger charge is 2.34. The van der Waals surface area contributed by atoms with E-state index in [4.69, 9.17) is 0 Å². The molecule has 3 aromatic rings. The smallest absolute Gasteiger partial charge is 0.0945 e. The Kier molecular flexibility index (Phi) is 2.83. The first kappa shape index (κ1) is 12.6. The van der Waals surface area contributed by atoms with Crippen LogP contribution in [0.15, 0.2) is 66.7 Å². The van der Waals surface area contributed by atoms with Gasteiger partial charge in [-0.05, 0) is 40.3 Å². The second-order valence-electron chi connectivity index (χ2n) is 6.00. The maximum absolute atomic E-state index is 11.3. The Morgan fingerprint density at radius 3 is 2.38 bits per heavy atom. The molecule has 0 radical (unpaired) electrons. The van der Waals surface area contributed by atoms with Crippen LogP contribution < -0.4 is 0 Å². The van der Waals surface area contributed by atoms with Crippen LogP contribution in [0.1, 0.15) is 23.1 Å². The summed E-state index contributed by atoms with van der Waals surface area (Å²) in [6.07, 6.45) is 2.44. The van der Waals surface area contributed by atoms with Crippen LogP contribution in [0.5, 0.6) is 0 Å². The van der Waals surface area contributed by atoms with E-state index >= 15 is 0 Å². The van der Waals surface area contributed by atoms with Crippen molar-refractivity contribution in [2.75, 3.05) is 0 Å². The first-order valence-electron chi connectivity index (χ1n) is 7.54. The van der Waals surface area contributed by atoms with Crippen LogP contribution in [0.4, 0.5) is 0 Å². The molecule has 0 spiro atoms. The molecule has 4 rings (SSSR count). The maximum Gasteiger partial charge on any atom is 0.0945 e. The number of hydrogen-bond donors (Lipinski definition) is 1. The van der Waals surface area contributed by atoms with Gasteiger partial charge in [0.1, 0.15) is 0 Å². The van der Waals surface area contributed by atoms with Gasteiger partial charge in [-0.15, -0.1) is 0 Å². The zero-order valence-electron chi connectivity index (χ0n) is 11.9. The highest BCUT2D eigenvalue weighted by Crippen LogP contribution is 2.39. The summed E-state index contributed by atoms with van der Waals surface area (Å²) in [5.74, 6) is 0. The van der Waals surface area contributed by atoms with Crippen LogP contribution in [0.2, 0.25) is 0 Å². The van der Waals surface area contributed by atoms with Crippen molar-refractivity contribution in [2.45, 2.75) is 24.9 Å². The van der Waals surface area contributed by atoms with Gasteiger partial charge in [0.2, 0.25) is 0 Å². The molecule has 1 N–H and O–H groups in total. The molecule has 0 saturated heterocycles. The van der Waals surface area contributed by atoms with E-state index in [2.05, 4.69) is 54.6 Å². The van der Waals surface area contributed by atoms with Crippen molar-refractivity contribution in [1.29, 1.82) is 0 Å². The Balaban J connectivity index is 1.85. The van der Waals surface area contributed by atoms with Gasteiger partial charge in [0, 0.05) is 6.42 Å². The van der Waals surface area contributed by atoms with Crippen LogP contribution in [-0.4, -0.2) is 5.11 Å². The van der Waals surface area contributed by atoms with E-state index in [1.807, 2.05) is 12.1 Å². The van der Waals surface area contributed by atoms with E-state index in [1.165, 1.54) is 21.9 Å². The molecule has 3 aromatic carbocycles. The standard InChI is InChI=1S/C20H18O/c21-20(13-12-15-6-1-2-8-17(15)14-20)19-11-5-9-16-7-3-4-10-18(16)19/h1-11,21H,12-14H2. The van der Waals surface area contributed by atoms with Crippen LogP contribution in [0, 0.1) is 0 Å². The van der Waals surface area contributed by atoms with E-state index in [0.29, 0.717) is 6.42 Å². The molecule has 1 nitrogen and oxygen atoms in total. The fourth-order valence-electron chi connectivity index (χ4n) is 3.58. The van der Waals surface area contributed by atoms with Crippen LogP contribution in [-0.2, 0) is 18.4 Å². The Morgan fingerprint density at radius 2 is 1.48 bits per heavy atom. The van der Waals surface area contributed by atoms with Gasteiger partial charge in [-0.2, -0.15) is 0 Å². The molecular weight excluding hydrogens is 256 g/mol. The number of aryl methyl sites for hydroxylation is 1. The van der Waals surface area contributed by atoms with E-state index in [1.54, 1.807) is 0 Å². The number of benzene rings is 3. The van der Waals surface area contributed by atoms with E-state index < -0.39 is 5.60 Å². The highest BCUT2D eigenvalue weighted by molar-refractivity contribution is 5.86. The Bertz CT molecular complexity index is 800. The predicted molar refractivity (Wildman–Crippen MR) is 86.3 cm³/mol. The fourth-order valence-corrected chi connectivity index (χ4v) is 3.58. The molecule has 104 valence electrons. The number of fused-ring (bicyclic) bond motifs is 2. The monoisotopic (exact) mass is 274 g/mol. The molecule has 1 aliphatic carbocycles. The van der Waals surface area contributed by atoms with Gasteiger partial charge in [-0.3, -0.25) is 0 Å². The average Bonchev–Trinajstić information content (AvgIpc) is 2.54. The topological polar surface area (TPSA) is 20.2 Å². The summed E-state index contributed by atoms with van der Waals surface area (Å²) in [5.41, 5.74) is 2.96. The summed E-state index contributed by atoms with van der Waals surface area (Å²) < 4.78 is 0. The van der Waals surface area contributed by atoms with Gasteiger partial charge in [-0.1, -0.05) is 66.7 Å². The number of rotatable bonds is 1. The van der Waals surface area contributed by atoms with Crippen molar-refractivity contribution >= 4 is 10.8 Å². The van der Waals surface area contributed by atoms with Crippen molar-refractivity contribution in [3.63, 3.8) is 0 Å². The minimum atomic E-state index is -0.755. The number of hydrogen-bond acceptors (Lipinski definition) is 1. The summed E-state index contributed by atoms with van der Waals surface area (Å²) in [6.45, 7) is 0. The minimum Gasteiger partial charge on any atom is -0.385 e. The lowest BCUT2D eigenvalue weighted by molar-refractivity contribution is 0.0237. The largest absolute Gasteiger partial charge is 0.385 e. The SMILES string of the molecule is OC1(c2cccc3ccccc23)CCc2ccccc2C1. The van der Waals surface area contributed by atoms with Gasteiger partial charge in [0.15, 0.2) is 0 Å². The lowest BCUT2D eigenvalue weighted by atomic mass is 9.75. The van der Waals surface area contributed by atoms with E-state index in [0.717, 1.165) is 18.4 Å². The summed E-state index contributed by atoms with van der Waals surface area (Å²) in [7, 11) is 0. The third kappa shape index (κ3) is 2.05. The summed E-state index contributed by atoms with van der Waals surface area (Å²) in [4.78, 5) is 0. The summed E-state index contributed by atoms with van der Waals surface area (Å²) in [6, 6.07) is 23.0. The van der Waals surface area contributed by atoms with Crippen molar-refractivity contribution < 1.29 is 5.11 Å². The van der Waals surface area contributed by atoms with Crippen molar-refractivity contribution in [1.82, 2.24) is 0 Å². The highest BCUT2D eigenvalue weighted by atomic mass is 16.3. The van der Waals surface area contributed by atoms with Gasteiger partial charge in [0.25, 0.3) is 0 Å². The van der Waals surface area contributed by atoms with Crippen LogP contribution in [0.25, 0.3) is 10.8 Å². The molecule has 1 heteroatoms. The normalized spacial score (nSPS) is 21.2. The molecule has 0 fully saturated rings.